The number of nitrogen functional groups attached to an aromatic ring is 1. The van der Waals surface area contributed by atoms with Gasteiger partial charge in [0.25, 0.3) is 5.91 Å². The van der Waals surface area contributed by atoms with Crippen molar-refractivity contribution < 1.29 is 14.3 Å². The number of hydrogen-bond acceptors (Lipinski definition) is 9. The van der Waals surface area contributed by atoms with Crippen molar-refractivity contribution in [3.05, 3.63) is 65.4 Å². The van der Waals surface area contributed by atoms with E-state index < -0.39 is 0 Å². The summed E-state index contributed by atoms with van der Waals surface area (Å²) in [5.41, 5.74) is 9.38. The highest BCUT2D eigenvalue weighted by molar-refractivity contribution is 7.18. The first-order chi connectivity index (χ1) is 16.6. The molecular formula is C24H18N6O3S. The fourth-order valence-corrected chi connectivity index (χ4v) is 4.85. The maximum Gasteiger partial charge on any atom is 0.258 e. The standard InChI is InChI=1S/C24H18N6O3S/c1-12-2-4-15-14(6-7-26-23(15)29-13-3-5-17-18(8-13)33-11-32-17)19(12)30-24(31)16-9-34-21-20(16)27-10-28-22(21)25/h2-10H,11H2,1H3,(H,26,29)(H,30,31)(H2,25,27,28). The first-order valence-corrected chi connectivity index (χ1v) is 11.3. The summed E-state index contributed by atoms with van der Waals surface area (Å²) in [4.78, 5) is 26.0. The monoisotopic (exact) mass is 470 g/mol. The lowest BCUT2D eigenvalue weighted by Gasteiger charge is -2.15. The largest absolute Gasteiger partial charge is 0.454 e. The van der Waals surface area contributed by atoms with Crippen LogP contribution in [0.25, 0.3) is 21.0 Å². The molecule has 3 aromatic heterocycles. The number of aromatic nitrogens is 3. The molecule has 1 amide bonds. The van der Waals surface area contributed by atoms with Crippen LogP contribution in [0.4, 0.5) is 23.0 Å². The fourth-order valence-electron chi connectivity index (χ4n) is 3.95. The van der Waals surface area contributed by atoms with Crippen LogP contribution in [-0.4, -0.2) is 27.7 Å². The molecule has 0 unspecified atom stereocenters. The highest BCUT2D eigenvalue weighted by atomic mass is 32.1. The van der Waals surface area contributed by atoms with Crippen LogP contribution >= 0.6 is 11.3 Å². The van der Waals surface area contributed by atoms with Gasteiger partial charge in [0.15, 0.2) is 11.5 Å². The number of nitrogens with one attached hydrogen (secondary N) is 2. The molecular weight excluding hydrogens is 452 g/mol. The van der Waals surface area contributed by atoms with Gasteiger partial charge in [0.1, 0.15) is 18.0 Å². The molecule has 5 aromatic rings. The van der Waals surface area contributed by atoms with Crippen LogP contribution in [0.5, 0.6) is 11.5 Å². The number of aryl methyl sites for hydroxylation is 1. The molecule has 0 bridgehead atoms. The fraction of sp³-hybridized carbons (Fsp3) is 0.0833. The van der Waals surface area contributed by atoms with Gasteiger partial charge in [-0.3, -0.25) is 4.79 Å². The van der Waals surface area contributed by atoms with Gasteiger partial charge in [0.05, 0.1) is 21.5 Å². The van der Waals surface area contributed by atoms with Gasteiger partial charge in [0, 0.05) is 34.1 Å². The van der Waals surface area contributed by atoms with Gasteiger partial charge in [0.2, 0.25) is 6.79 Å². The van der Waals surface area contributed by atoms with Gasteiger partial charge in [-0.25, -0.2) is 15.0 Å². The lowest BCUT2D eigenvalue weighted by molar-refractivity contribution is 0.102. The van der Waals surface area contributed by atoms with E-state index >= 15 is 0 Å². The van der Waals surface area contributed by atoms with Crippen LogP contribution in [0.3, 0.4) is 0 Å². The number of ether oxygens (including phenoxy) is 2. The smallest absolute Gasteiger partial charge is 0.258 e. The van der Waals surface area contributed by atoms with Crippen LogP contribution in [0.15, 0.2) is 54.3 Å². The number of benzene rings is 2. The van der Waals surface area contributed by atoms with Gasteiger partial charge in [-0.2, -0.15) is 0 Å². The van der Waals surface area contributed by atoms with Crippen molar-refractivity contribution in [1.29, 1.82) is 0 Å². The molecule has 0 fully saturated rings. The summed E-state index contributed by atoms with van der Waals surface area (Å²) in [6.45, 7) is 2.16. The molecule has 1 aliphatic rings. The Morgan fingerprint density at radius 2 is 1.94 bits per heavy atom. The van der Waals surface area contributed by atoms with E-state index in [4.69, 9.17) is 15.2 Å². The maximum atomic E-state index is 13.2. The maximum absolute atomic E-state index is 13.2. The molecule has 2 aromatic carbocycles. The highest BCUT2D eigenvalue weighted by Gasteiger charge is 2.19. The van der Waals surface area contributed by atoms with Crippen molar-refractivity contribution in [1.82, 2.24) is 15.0 Å². The van der Waals surface area contributed by atoms with E-state index in [0.29, 0.717) is 44.6 Å². The van der Waals surface area contributed by atoms with Crippen LogP contribution < -0.4 is 25.8 Å². The van der Waals surface area contributed by atoms with Crippen molar-refractivity contribution in [2.45, 2.75) is 6.92 Å². The minimum Gasteiger partial charge on any atom is -0.454 e. The predicted molar refractivity (Wildman–Crippen MR) is 132 cm³/mol. The Morgan fingerprint density at radius 3 is 2.85 bits per heavy atom. The third-order valence-electron chi connectivity index (χ3n) is 5.65. The summed E-state index contributed by atoms with van der Waals surface area (Å²) in [5, 5.41) is 9.89. The summed E-state index contributed by atoms with van der Waals surface area (Å²) in [7, 11) is 0. The number of nitrogens with two attached hydrogens (primary N) is 1. The molecule has 4 N–H and O–H groups in total. The van der Waals surface area contributed by atoms with Crippen molar-refractivity contribution in [2.24, 2.45) is 0 Å². The molecule has 0 spiro atoms. The minimum absolute atomic E-state index is 0.214. The number of thiophene rings is 1. The number of hydrogen-bond donors (Lipinski definition) is 3. The summed E-state index contributed by atoms with van der Waals surface area (Å²) in [6, 6.07) is 11.4. The summed E-state index contributed by atoms with van der Waals surface area (Å²) in [5.74, 6) is 2.16. The lowest BCUT2D eigenvalue weighted by atomic mass is 10.0. The van der Waals surface area contributed by atoms with Crippen LogP contribution in [-0.2, 0) is 0 Å². The van der Waals surface area contributed by atoms with Gasteiger partial charge < -0.3 is 25.8 Å². The Labute approximate surface area is 197 Å². The third kappa shape index (κ3) is 3.32. The summed E-state index contributed by atoms with van der Waals surface area (Å²) in [6.07, 6.45) is 3.07. The topological polar surface area (TPSA) is 124 Å². The highest BCUT2D eigenvalue weighted by Crippen LogP contribution is 2.37. The van der Waals surface area contributed by atoms with E-state index in [2.05, 4.69) is 25.6 Å². The molecule has 10 heteroatoms. The number of carbonyl (C=O) groups is 1. The Bertz CT molecular complexity index is 1600. The molecule has 0 saturated heterocycles. The Balaban J connectivity index is 1.37. The predicted octanol–water partition coefficient (Wildman–Crippen LogP) is 4.85. The summed E-state index contributed by atoms with van der Waals surface area (Å²) < 4.78 is 11.5. The SMILES string of the molecule is Cc1ccc2c(Nc3ccc4c(c3)OCO4)nccc2c1NC(=O)c1csc2c(N)ncnc12. The average Bonchev–Trinajstić information content (AvgIpc) is 3.48. The Kier molecular flexibility index (Phi) is 4.66. The second-order valence-electron chi connectivity index (χ2n) is 7.75. The first-order valence-electron chi connectivity index (χ1n) is 10.4. The number of nitrogens with zero attached hydrogens (tertiary/aromatic N) is 3. The van der Waals surface area contributed by atoms with Gasteiger partial charge >= 0.3 is 0 Å². The first kappa shape index (κ1) is 20.2. The zero-order valence-electron chi connectivity index (χ0n) is 18.0. The summed E-state index contributed by atoms with van der Waals surface area (Å²) >= 11 is 1.35. The van der Waals surface area contributed by atoms with Crippen LogP contribution in [0.2, 0.25) is 0 Å². The zero-order valence-corrected chi connectivity index (χ0v) is 18.8. The molecule has 0 radical (unpaired) electrons. The quantitative estimate of drug-likeness (QED) is 0.340. The van der Waals surface area contributed by atoms with E-state index in [-0.39, 0.29) is 12.7 Å². The van der Waals surface area contributed by atoms with Crippen molar-refractivity contribution in [3.8, 4) is 11.5 Å². The number of amides is 1. The van der Waals surface area contributed by atoms with Gasteiger partial charge in [-0.15, -0.1) is 11.3 Å². The van der Waals surface area contributed by atoms with Gasteiger partial charge in [-0.05, 0) is 30.7 Å². The molecule has 4 heterocycles. The number of rotatable bonds is 4. The van der Waals surface area contributed by atoms with Gasteiger partial charge in [-0.1, -0.05) is 12.1 Å². The zero-order chi connectivity index (χ0) is 23.2. The van der Waals surface area contributed by atoms with E-state index in [0.717, 1.165) is 22.0 Å². The second kappa shape index (κ2) is 7.85. The van der Waals surface area contributed by atoms with E-state index in [9.17, 15) is 4.79 Å². The van der Waals surface area contributed by atoms with Crippen LogP contribution in [0.1, 0.15) is 15.9 Å². The Hall–Kier alpha value is -4.44. The van der Waals surface area contributed by atoms with Crippen LogP contribution in [0, 0.1) is 6.92 Å². The molecule has 0 atom stereocenters. The van der Waals surface area contributed by atoms with E-state index in [1.807, 2.05) is 43.3 Å². The number of pyridine rings is 1. The van der Waals surface area contributed by atoms with Crippen molar-refractivity contribution in [2.75, 3.05) is 23.2 Å². The minimum atomic E-state index is -0.262. The molecule has 0 aliphatic carbocycles. The molecule has 168 valence electrons. The molecule has 1 aliphatic heterocycles. The average molecular weight is 471 g/mol. The Morgan fingerprint density at radius 1 is 1.06 bits per heavy atom. The van der Waals surface area contributed by atoms with E-state index in [1.54, 1.807) is 11.6 Å². The second-order valence-corrected chi connectivity index (χ2v) is 8.62. The number of fused-ring (bicyclic) bond motifs is 3. The molecule has 9 nitrogen and oxygen atoms in total. The lowest BCUT2D eigenvalue weighted by Crippen LogP contribution is -2.13. The van der Waals surface area contributed by atoms with E-state index in [1.165, 1.54) is 17.7 Å². The number of carbonyl (C=O) groups excluding carboxylic acids is 1. The van der Waals surface area contributed by atoms with Crippen molar-refractivity contribution >= 4 is 61.2 Å². The number of anilines is 4. The molecule has 34 heavy (non-hydrogen) atoms. The normalized spacial score (nSPS) is 12.3. The molecule has 0 saturated carbocycles. The third-order valence-corrected chi connectivity index (χ3v) is 6.65. The van der Waals surface area contributed by atoms with Crippen molar-refractivity contribution in [3.63, 3.8) is 0 Å². The molecule has 6 rings (SSSR count).